The second-order valence-corrected chi connectivity index (χ2v) is 13.9. The number of nitrogens with zero attached hydrogens (tertiary/aromatic N) is 2. The van der Waals surface area contributed by atoms with Crippen LogP contribution in [0.3, 0.4) is 0 Å². The number of aliphatic hydroxyl groups excluding tert-OH is 1. The third kappa shape index (κ3) is 8.42. The maximum atomic E-state index is 13.9. The van der Waals surface area contributed by atoms with E-state index >= 15 is 0 Å². The van der Waals surface area contributed by atoms with Gasteiger partial charge < -0.3 is 59.5 Å². The first-order chi connectivity index (χ1) is 27.9. The molecule has 2 aliphatic carbocycles. The van der Waals surface area contributed by atoms with Crippen molar-refractivity contribution in [3.63, 3.8) is 0 Å². The first kappa shape index (κ1) is 42.2. The number of Topliss-reactive ketones (excluding diaryl/α,β-unsaturated/α-hetero) is 1. The van der Waals surface area contributed by atoms with Crippen molar-refractivity contribution in [2.45, 2.75) is 68.5 Å². The Bertz CT molecular complexity index is 2180. The molecule has 59 heavy (non-hydrogen) atoms. The topological polar surface area (TPSA) is 326 Å². The van der Waals surface area contributed by atoms with E-state index in [0.717, 1.165) is 0 Å². The lowest BCUT2D eigenvalue weighted by Crippen LogP contribution is -2.53. The first-order valence-electron chi connectivity index (χ1n) is 17.8. The lowest BCUT2D eigenvalue weighted by molar-refractivity contribution is -0.790. The lowest BCUT2D eigenvalue weighted by Gasteiger charge is -2.42. The lowest BCUT2D eigenvalue weighted by atomic mass is 9.72. The van der Waals surface area contributed by atoms with Crippen molar-refractivity contribution in [2.75, 3.05) is 26.9 Å². The highest BCUT2D eigenvalue weighted by atomic mass is 17.0. The maximum absolute atomic E-state index is 13.9. The van der Waals surface area contributed by atoms with Crippen LogP contribution < -0.4 is 15.2 Å². The largest absolute Gasteiger partial charge is 0.507 e. The van der Waals surface area contributed by atoms with Gasteiger partial charge in [0.1, 0.15) is 41.8 Å². The predicted molar refractivity (Wildman–Crippen MR) is 192 cm³/mol. The highest BCUT2D eigenvalue weighted by Crippen LogP contribution is 2.52. The standard InChI is InChI=1S/C37H37N3O19/c1-16-31(42)22(38)10-26(57-16)58-24-12-37(48,11-21-28(24)35(46)30-29(33(21)44)32(43)20-4-3-5-23(53-2)27(20)34(30)45)25(41)15-55-36(47)17-6-8-18(9-7-17)54-13-19(59-40(51)52)14-56-39(49)50/h3-9,16,19,22,24,26,31,42,44,46,48H,10-15,38H2,1-2H3/t16-,19?,22-,24-,26-,31+,37-/m0/s1. The van der Waals surface area contributed by atoms with Crippen molar-refractivity contribution < 1.29 is 83.1 Å². The van der Waals surface area contributed by atoms with E-state index in [4.69, 9.17) is 29.4 Å². The smallest absolute Gasteiger partial charge is 0.338 e. The number of methoxy groups -OCH3 is 1. The quantitative estimate of drug-likeness (QED) is 0.0483. The molecule has 0 bridgehead atoms. The minimum absolute atomic E-state index is 0.0308. The van der Waals surface area contributed by atoms with Gasteiger partial charge in [-0.2, -0.15) is 0 Å². The number of ketones is 3. The number of rotatable bonds is 15. The van der Waals surface area contributed by atoms with Crippen molar-refractivity contribution in [1.29, 1.82) is 0 Å². The average molecular weight is 828 g/mol. The van der Waals surface area contributed by atoms with Gasteiger partial charge in [0.25, 0.3) is 10.2 Å². The Morgan fingerprint density at radius 2 is 1.69 bits per heavy atom. The molecule has 1 saturated heterocycles. The molecule has 3 aromatic rings. The van der Waals surface area contributed by atoms with Gasteiger partial charge in [0.05, 0.1) is 47.7 Å². The number of phenols is 2. The molecule has 22 heteroatoms. The summed E-state index contributed by atoms with van der Waals surface area (Å²) in [5.41, 5.74) is 1.52. The van der Waals surface area contributed by atoms with Crippen molar-refractivity contribution in [3.05, 3.63) is 102 Å². The fourth-order valence-corrected chi connectivity index (χ4v) is 7.20. The minimum Gasteiger partial charge on any atom is -0.507 e. The number of aromatic hydroxyl groups is 2. The van der Waals surface area contributed by atoms with Crippen LogP contribution in [0.15, 0.2) is 42.5 Å². The second kappa shape index (κ2) is 16.8. The van der Waals surface area contributed by atoms with Gasteiger partial charge in [0.15, 0.2) is 24.8 Å². The number of carbonyl (C=O) groups is 4. The maximum Gasteiger partial charge on any atom is 0.338 e. The van der Waals surface area contributed by atoms with Gasteiger partial charge in [-0.1, -0.05) is 12.1 Å². The van der Waals surface area contributed by atoms with Gasteiger partial charge in [-0.05, 0) is 37.3 Å². The van der Waals surface area contributed by atoms with E-state index in [-0.39, 0.29) is 45.7 Å². The van der Waals surface area contributed by atoms with Gasteiger partial charge >= 0.3 is 5.97 Å². The van der Waals surface area contributed by atoms with Gasteiger partial charge in [-0.25, -0.2) is 4.79 Å². The van der Waals surface area contributed by atoms with E-state index in [1.807, 2.05) is 0 Å². The summed E-state index contributed by atoms with van der Waals surface area (Å²) < 4.78 is 27.8. The van der Waals surface area contributed by atoms with Crippen LogP contribution >= 0.6 is 0 Å². The number of carbonyl (C=O) groups excluding carboxylic acids is 4. The molecule has 0 amide bonds. The molecule has 22 nitrogen and oxygen atoms in total. The number of benzene rings is 3. The molecular weight excluding hydrogens is 790 g/mol. The fourth-order valence-electron chi connectivity index (χ4n) is 7.20. The molecule has 0 spiro atoms. The van der Waals surface area contributed by atoms with Crippen LogP contribution in [0.2, 0.25) is 0 Å². The SMILES string of the molecule is COc1cccc2c1C(=O)c1c(O)c3c(c(O)c1C2=O)C[C@@](O)(C(=O)COC(=O)c1ccc(OCC(CO[N+](=O)[O-])O[N+](=O)[O-])cc1)C[C@@H]3O[C@H]1C[C@H](N)[C@H](O)[C@H](C)O1. The Morgan fingerprint density at radius 3 is 2.34 bits per heavy atom. The minimum atomic E-state index is -2.49. The van der Waals surface area contributed by atoms with Crippen LogP contribution in [0.4, 0.5) is 0 Å². The Labute approximate surface area is 332 Å². The zero-order valence-electron chi connectivity index (χ0n) is 31.1. The summed E-state index contributed by atoms with van der Waals surface area (Å²) in [5, 5.41) is 64.6. The van der Waals surface area contributed by atoms with Gasteiger partial charge in [0, 0.05) is 42.0 Å². The molecule has 1 fully saturated rings. The van der Waals surface area contributed by atoms with E-state index in [2.05, 4.69) is 9.68 Å². The van der Waals surface area contributed by atoms with Crippen molar-refractivity contribution >= 4 is 23.3 Å². The number of fused-ring (bicyclic) bond motifs is 3. The van der Waals surface area contributed by atoms with E-state index in [1.165, 1.54) is 56.5 Å². The zero-order valence-corrected chi connectivity index (χ0v) is 31.1. The van der Waals surface area contributed by atoms with E-state index < -0.39 is 131 Å². The van der Waals surface area contributed by atoms with Gasteiger partial charge in [-0.15, -0.1) is 20.2 Å². The van der Waals surface area contributed by atoms with E-state index in [0.29, 0.717) is 0 Å². The predicted octanol–water partition coefficient (Wildman–Crippen LogP) is 1.03. The first-order valence-corrected chi connectivity index (χ1v) is 17.8. The molecule has 6 rings (SSSR count). The van der Waals surface area contributed by atoms with Gasteiger partial charge in [0.2, 0.25) is 11.6 Å². The summed E-state index contributed by atoms with van der Waals surface area (Å²) in [6.07, 6.45) is -7.56. The Hall–Kier alpha value is -6.46. The summed E-state index contributed by atoms with van der Waals surface area (Å²) in [7, 11) is 1.28. The molecular formula is C37H37N3O19. The monoisotopic (exact) mass is 827 g/mol. The Morgan fingerprint density at radius 1 is 1.00 bits per heavy atom. The second-order valence-electron chi connectivity index (χ2n) is 13.9. The third-order valence-electron chi connectivity index (χ3n) is 10.1. The summed E-state index contributed by atoms with van der Waals surface area (Å²) in [6, 6.07) is 8.30. The number of aliphatic hydroxyl groups is 2. The summed E-state index contributed by atoms with van der Waals surface area (Å²) in [4.78, 5) is 84.1. The molecule has 1 heterocycles. The summed E-state index contributed by atoms with van der Waals surface area (Å²) >= 11 is 0. The van der Waals surface area contributed by atoms with Crippen LogP contribution in [0.5, 0.6) is 23.0 Å². The molecule has 3 aromatic carbocycles. The molecule has 0 radical (unpaired) electrons. The number of hydrogen-bond donors (Lipinski definition) is 5. The third-order valence-corrected chi connectivity index (χ3v) is 10.1. The summed E-state index contributed by atoms with van der Waals surface area (Å²) in [5.74, 6) is -5.34. The van der Waals surface area contributed by atoms with Crippen LogP contribution in [-0.4, -0.2) is 117 Å². The Balaban J connectivity index is 1.24. The number of esters is 1. The number of nitrogens with two attached hydrogens (primary N) is 1. The van der Waals surface area contributed by atoms with Gasteiger partial charge in [-0.3, -0.25) is 14.4 Å². The molecule has 1 unspecified atom stereocenters. The average Bonchev–Trinajstić information content (AvgIpc) is 3.19. The van der Waals surface area contributed by atoms with Crippen molar-refractivity contribution in [2.24, 2.45) is 5.73 Å². The number of hydrogen-bond acceptors (Lipinski definition) is 20. The van der Waals surface area contributed by atoms with Crippen molar-refractivity contribution in [3.8, 4) is 23.0 Å². The van der Waals surface area contributed by atoms with Crippen LogP contribution in [0, 0.1) is 20.2 Å². The molecule has 7 atom stereocenters. The molecule has 3 aliphatic rings. The van der Waals surface area contributed by atoms with Crippen LogP contribution in [-0.2, 0) is 35.1 Å². The van der Waals surface area contributed by atoms with E-state index in [1.54, 1.807) is 0 Å². The highest BCUT2D eigenvalue weighted by Gasteiger charge is 2.50. The summed E-state index contributed by atoms with van der Waals surface area (Å²) in [6.45, 7) is -0.862. The van der Waals surface area contributed by atoms with Crippen LogP contribution in [0.25, 0.3) is 0 Å². The zero-order chi connectivity index (χ0) is 42.9. The normalized spacial score (nSPS) is 23.8. The molecule has 1 aliphatic heterocycles. The molecule has 6 N–H and O–H groups in total. The molecule has 314 valence electrons. The van der Waals surface area contributed by atoms with Crippen molar-refractivity contribution in [1.82, 2.24) is 0 Å². The van der Waals surface area contributed by atoms with E-state index in [9.17, 15) is 59.8 Å². The number of phenolic OH excluding ortho intramolecular Hbond substituents is 2. The fraction of sp³-hybridized carbons (Fsp3) is 0.405. The molecule has 0 saturated carbocycles. The van der Waals surface area contributed by atoms with Crippen LogP contribution in [0.1, 0.15) is 79.2 Å². The Kier molecular flexibility index (Phi) is 12.0. The molecule has 0 aromatic heterocycles. The number of ether oxygens (including phenoxy) is 5. The highest BCUT2D eigenvalue weighted by molar-refractivity contribution is 6.31.